The van der Waals surface area contributed by atoms with Gasteiger partial charge in [-0.05, 0) is 6.42 Å². The lowest BCUT2D eigenvalue weighted by Gasteiger charge is -2.44. The van der Waals surface area contributed by atoms with E-state index in [9.17, 15) is 30.6 Å². The van der Waals surface area contributed by atoms with Crippen LogP contribution in [0.5, 0.6) is 0 Å². The molecule has 10 heteroatoms. The zero-order chi connectivity index (χ0) is 20.0. The molecule has 27 heavy (non-hydrogen) atoms. The van der Waals surface area contributed by atoms with Gasteiger partial charge in [-0.25, -0.2) is 0 Å². The van der Waals surface area contributed by atoms with Crippen molar-refractivity contribution in [3.05, 3.63) is 12.2 Å². The molecule has 9 atom stereocenters. The minimum Gasteiger partial charge on any atom is -0.394 e. The van der Waals surface area contributed by atoms with Crippen LogP contribution in [-0.4, -0.2) is 106 Å². The quantitative estimate of drug-likeness (QED) is 0.246. The average Bonchev–Trinajstić information content (AvgIpc) is 2.66. The smallest absolute Gasteiger partial charge is 0.187 e. The molecule has 2 saturated heterocycles. The molecule has 2 heterocycles. The summed E-state index contributed by atoms with van der Waals surface area (Å²) in [6, 6.07) is 0. The molecule has 6 N–H and O–H groups in total. The van der Waals surface area contributed by atoms with E-state index in [-0.39, 0.29) is 13.2 Å². The lowest BCUT2D eigenvalue weighted by Crippen LogP contribution is -2.63. The zero-order valence-electron chi connectivity index (χ0n) is 15.2. The molecule has 9 unspecified atom stereocenters. The minimum absolute atomic E-state index is 0.168. The van der Waals surface area contributed by atoms with Crippen LogP contribution in [0.4, 0.5) is 0 Å². The van der Waals surface area contributed by atoms with Gasteiger partial charge in [-0.1, -0.05) is 25.5 Å². The molecular weight excluding hydrogens is 364 g/mol. The molecular formula is C17H30O10. The highest BCUT2D eigenvalue weighted by Crippen LogP contribution is 2.27. The van der Waals surface area contributed by atoms with E-state index in [1.807, 2.05) is 13.0 Å². The highest BCUT2D eigenvalue weighted by atomic mass is 16.7. The van der Waals surface area contributed by atoms with Crippen LogP contribution in [0.1, 0.15) is 19.8 Å². The van der Waals surface area contributed by atoms with E-state index in [0.29, 0.717) is 0 Å². The third-order valence-electron chi connectivity index (χ3n) is 4.55. The van der Waals surface area contributed by atoms with Crippen molar-refractivity contribution < 1.29 is 49.6 Å². The number of aliphatic hydroxyl groups excluding tert-OH is 6. The first-order valence-electron chi connectivity index (χ1n) is 9.11. The van der Waals surface area contributed by atoms with E-state index >= 15 is 0 Å². The topological polar surface area (TPSA) is 158 Å². The Morgan fingerprint density at radius 2 is 1.70 bits per heavy atom. The fourth-order valence-electron chi connectivity index (χ4n) is 2.89. The van der Waals surface area contributed by atoms with Gasteiger partial charge >= 0.3 is 0 Å². The van der Waals surface area contributed by atoms with Gasteiger partial charge in [0, 0.05) is 0 Å². The zero-order valence-corrected chi connectivity index (χ0v) is 15.2. The van der Waals surface area contributed by atoms with Crippen LogP contribution in [0.15, 0.2) is 12.2 Å². The summed E-state index contributed by atoms with van der Waals surface area (Å²) < 4.78 is 21.7. The molecule has 2 rings (SSSR count). The lowest BCUT2D eigenvalue weighted by atomic mass is 9.99. The third-order valence-corrected chi connectivity index (χ3v) is 4.55. The fourth-order valence-corrected chi connectivity index (χ4v) is 2.89. The average molecular weight is 394 g/mol. The van der Waals surface area contributed by atoms with Gasteiger partial charge in [-0.15, -0.1) is 0 Å². The summed E-state index contributed by atoms with van der Waals surface area (Å²) in [6.07, 6.45) is -6.74. The van der Waals surface area contributed by atoms with Gasteiger partial charge in [0.15, 0.2) is 12.6 Å². The van der Waals surface area contributed by atoms with Crippen LogP contribution in [0, 0.1) is 0 Å². The molecule has 0 aromatic carbocycles. The first-order chi connectivity index (χ1) is 12.9. The Kier molecular flexibility index (Phi) is 9.02. The normalized spacial score (nSPS) is 43.3. The number of hydrogen-bond acceptors (Lipinski definition) is 10. The minimum atomic E-state index is -1.64. The van der Waals surface area contributed by atoms with Gasteiger partial charge in [0.25, 0.3) is 0 Å². The molecule has 2 aliphatic heterocycles. The van der Waals surface area contributed by atoms with Crippen LogP contribution >= 0.6 is 0 Å². The SMILES string of the molecule is CCCC=CCOC1OCC(O)C(O)C1OC1OC(CO)C(O)C(O)C1O. The second-order valence-electron chi connectivity index (χ2n) is 6.65. The molecule has 158 valence electrons. The Labute approximate surface area is 157 Å². The molecule has 0 bridgehead atoms. The maximum Gasteiger partial charge on any atom is 0.187 e. The summed E-state index contributed by atoms with van der Waals surface area (Å²) in [5.74, 6) is 0. The predicted octanol–water partition coefficient (Wildman–Crippen LogP) is -2.38. The van der Waals surface area contributed by atoms with Crippen LogP contribution in [0.3, 0.4) is 0 Å². The van der Waals surface area contributed by atoms with E-state index in [1.165, 1.54) is 0 Å². The summed E-state index contributed by atoms with van der Waals surface area (Å²) >= 11 is 0. The highest BCUT2D eigenvalue weighted by molar-refractivity contribution is 4.92. The van der Waals surface area contributed by atoms with Crippen LogP contribution in [0.25, 0.3) is 0 Å². The molecule has 0 aromatic rings. The Bertz CT molecular complexity index is 459. The monoisotopic (exact) mass is 394 g/mol. The molecule has 2 aliphatic rings. The Morgan fingerprint density at radius 3 is 2.37 bits per heavy atom. The lowest BCUT2D eigenvalue weighted by molar-refractivity contribution is -0.356. The second-order valence-corrected chi connectivity index (χ2v) is 6.65. The summed E-state index contributed by atoms with van der Waals surface area (Å²) in [5.41, 5.74) is 0. The number of unbranched alkanes of at least 4 members (excludes halogenated alkanes) is 1. The van der Waals surface area contributed by atoms with Crippen LogP contribution in [0.2, 0.25) is 0 Å². The highest BCUT2D eigenvalue weighted by Gasteiger charge is 2.48. The molecule has 0 spiro atoms. The van der Waals surface area contributed by atoms with Gasteiger partial charge in [0.1, 0.15) is 42.7 Å². The maximum absolute atomic E-state index is 10.3. The van der Waals surface area contributed by atoms with Gasteiger partial charge in [0.05, 0.1) is 19.8 Å². The molecule has 0 aliphatic carbocycles. The van der Waals surface area contributed by atoms with E-state index in [1.54, 1.807) is 6.08 Å². The Hall–Kier alpha value is -0.660. The first kappa shape index (κ1) is 22.6. The van der Waals surface area contributed by atoms with Crippen molar-refractivity contribution in [2.45, 2.75) is 75.1 Å². The van der Waals surface area contributed by atoms with Crippen molar-refractivity contribution in [2.24, 2.45) is 0 Å². The Morgan fingerprint density at radius 1 is 0.963 bits per heavy atom. The molecule has 10 nitrogen and oxygen atoms in total. The van der Waals surface area contributed by atoms with Gasteiger partial charge in [-0.2, -0.15) is 0 Å². The summed E-state index contributed by atoms with van der Waals surface area (Å²) in [5, 5.41) is 59.1. The second kappa shape index (κ2) is 10.8. The van der Waals surface area contributed by atoms with Crippen molar-refractivity contribution in [2.75, 3.05) is 19.8 Å². The van der Waals surface area contributed by atoms with Crippen LogP contribution < -0.4 is 0 Å². The van der Waals surface area contributed by atoms with Crippen LogP contribution in [-0.2, 0) is 18.9 Å². The maximum atomic E-state index is 10.3. The number of aliphatic hydroxyl groups is 6. The number of ether oxygens (including phenoxy) is 4. The molecule has 0 aromatic heterocycles. The molecule has 0 amide bonds. The van der Waals surface area contributed by atoms with E-state index in [2.05, 4.69) is 0 Å². The van der Waals surface area contributed by atoms with Crippen molar-refractivity contribution in [1.29, 1.82) is 0 Å². The number of allylic oxidation sites excluding steroid dienone is 1. The van der Waals surface area contributed by atoms with Crippen molar-refractivity contribution in [3.8, 4) is 0 Å². The third kappa shape index (κ3) is 5.67. The van der Waals surface area contributed by atoms with Gasteiger partial charge in [-0.3, -0.25) is 0 Å². The van der Waals surface area contributed by atoms with E-state index < -0.39 is 61.9 Å². The van der Waals surface area contributed by atoms with Gasteiger partial charge < -0.3 is 49.6 Å². The van der Waals surface area contributed by atoms with Crippen molar-refractivity contribution in [3.63, 3.8) is 0 Å². The molecule has 0 saturated carbocycles. The summed E-state index contributed by atoms with van der Waals surface area (Å²) in [4.78, 5) is 0. The predicted molar refractivity (Wildman–Crippen MR) is 90.4 cm³/mol. The van der Waals surface area contributed by atoms with E-state index in [4.69, 9.17) is 18.9 Å². The first-order valence-corrected chi connectivity index (χ1v) is 9.11. The number of hydrogen-bond donors (Lipinski definition) is 6. The fraction of sp³-hybridized carbons (Fsp3) is 0.882. The standard InChI is InChI=1S/C17H30O10/c1-2-3-4-5-6-24-17-15(11(20)9(19)8-25-17)27-16-14(23)13(22)12(21)10(7-18)26-16/h4-5,9-23H,2-3,6-8H2,1H3. The summed E-state index contributed by atoms with van der Waals surface area (Å²) in [6.45, 7) is 1.44. The largest absolute Gasteiger partial charge is 0.394 e. The van der Waals surface area contributed by atoms with Crippen molar-refractivity contribution in [1.82, 2.24) is 0 Å². The molecule has 2 fully saturated rings. The number of rotatable bonds is 8. The van der Waals surface area contributed by atoms with Crippen molar-refractivity contribution >= 4 is 0 Å². The Balaban J connectivity index is 2.03. The molecule has 0 radical (unpaired) electrons. The van der Waals surface area contributed by atoms with Gasteiger partial charge in [0.2, 0.25) is 0 Å². The van der Waals surface area contributed by atoms with E-state index in [0.717, 1.165) is 12.8 Å². The summed E-state index contributed by atoms with van der Waals surface area (Å²) in [7, 11) is 0.